The van der Waals surface area contributed by atoms with Gasteiger partial charge in [-0.2, -0.15) is 0 Å². The lowest BCUT2D eigenvalue weighted by molar-refractivity contribution is 0.340. The first-order valence-corrected chi connectivity index (χ1v) is 7.23. The molecule has 0 aromatic heterocycles. The number of nitrogens with one attached hydrogen (secondary N) is 1. The Kier molecular flexibility index (Phi) is 4.90. The topological polar surface area (TPSA) is 21.3 Å². The van der Waals surface area contributed by atoms with Crippen molar-refractivity contribution in [2.45, 2.75) is 39.0 Å². The Labute approximate surface area is 115 Å². The third-order valence-corrected chi connectivity index (χ3v) is 3.93. The van der Waals surface area contributed by atoms with Crippen LogP contribution in [0, 0.1) is 6.92 Å². The van der Waals surface area contributed by atoms with Gasteiger partial charge in [-0.3, -0.25) is 0 Å². The van der Waals surface area contributed by atoms with Crippen molar-refractivity contribution in [2.24, 2.45) is 0 Å². The summed E-state index contributed by atoms with van der Waals surface area (Å²) in [5.41, 5.74) is 2.70. The Morgan fingerprint density at radius 2 is 2.17 bits per heavy atom. The zero-order valence-electron chi connectivity index (χ0n) is 11.3. The Hall–Kier alpha value is -0.730. The summed E-state index contributed by atoms with van der Waals surface area (Å²) in [6.45, 7) is 7.05. The summed E-state index contributed by atoms with van der Waals surface area (Å²) in [6.07, 6.45) is 3.69. The fourth-order valence-electron chi connectivity index (χ4n) is 2.71. The van der Waals surface area contributed by atoms with Crippen LogP contribution in [0.5, 0.6) is 5.75 Å². The summed E-state index contributed by atoms with van der Waals surface area (Å²) in [7, 11) is 0. The molecule has 1 unspecified atom stereocenters. The number of aryl methyl sites for hydroxylation is 1. The molecule has 2 rings (SSSR count). The highest BCUT2D eigenvalue weighted by Gasteiger charge is 2.18. The van der Waals surface area contributed by atoms with Gasteiger partial charge in [0.2, 0.25) is 0 Å². The second-order valence-corrected chi connectivity index (χ2v) is 5.36. The number of rotatable bonds is 3. The minimum absolute atomic E-state index is 0.633. The van der Waals surface area contributed by atoms with E-state index >= 15 is 0 Å². The summed E-state index contributed by atoms with van der Waals surface area (Å²) >= 11 is 6.30. The maximum Gasteiger partial charge on any atom is 0.138 e. The van der Waals surface area contributed by atoms with Crippen LogP contribution in [-0.4, -0.2) is 19.7 Å². The van der Waals surface area contributed by atoms with Crippen molar-refractivity contribution >= 4 is 11.6 Å². The van der Waals surface area contributed by atoms with Gasteiger partial charge in [-0.05, 0) is 75.4 Å². The third kappa shape index (κ3) is 3.18. The van der Waals surface area contributed by atoms with Gasteiger partial charge in [-0.1, -0.05) is 11.6 Å². The minimum Gasteiger partial charge on any atom is -0.492 e. The van der Waals surface area contributed by atoms with E-state index < -0.39 is 0 Å². The number of benzene rings is 1. The van der Waals surface area contributed by atoms with E-state index in [0.29, 0.717) is 12.5 Å². The van der Waals surface area contributed by atoms with Crippen LogP contribution in [0.15, 0.2) is 12.1 Å². The lowest BCUT2D eigenvalue weighted by atomic mass is 9.89. The molecule has 1 aliphatic rings. The molecule has 2 nitrogen and oxygen atoms in total. The standard InChI is InChI=1S/C15H22ClNO/c1-3-18-15-9-11(2)13(10-14(15)16)12-5-4-7-17-8-6-12/h9-10,12,17H,3-8H2,1-2H3. The van der Waals surface area contributed by atoms with Crippen LogP contribution in [0.1, 0.15) is 43.2 Å². The number of hydrogen-bond donors (Lipinski definition) is 1. The van der Waals surface area contributed by atoms with E-state index in [1.807, 2.05) is 6.92 Å². The molecule has 1 aromatic carbocycles. The zero-order chi connectivity index (χ0) is 13.0. The maximum atomic E-state index is 6.30. The molecule has 0 aliphatic carbocycles. The Bertz CT molecular complexity index is 398. The minimum atomic E-state index is 0.633. The van der Waals surface area contributed by atoms with Gasteiger partial charge in [0.15, 0.2) is 0 Å². The van der Waals surface area contributed by atoms with Crippen LogP contribution in [0.4, 0.5) is 0 Å². The first-order valence-electron chi connectivity index (χ1n) is 6.86. The molecular weight excluding hydrogens is 246 g/mol. The lowest BCUT2D eigenvalue weighted by Gasteiger charge is -2.19. The first kappa shape index (κ1) is 13.7. The van der Waals surface area contributed by atoms with Gasteiger partial charge < -0.3 is 10.1 Å². The molecule has 1 heterocycles. The second-order valence-electron chi connectivity index (χ2n) is 4.95. The van der Waals surface area contributed by atoms with Gasteiger partial charge in [0, 0.05) is 0 Å². The van der Waals surface area contributed by atoms with E-state index in [1.165, 1.54) is 30.4 Å². The lowest BCUT2D eigenvalue weighted by Crippen LogP contribution is -2.14. The highest BCUT2D eigenvalue weighted by atomic mass is 35.5. The van der Waals surface area contributed by atoms with Gasteiger partial charge in [0.1, 0.15) is 5.75 Å². The molecular formula is C15H22ClNO. The van der Waals surface area contributed by atoms with Crippen LogP contribution in [-0.2, 0) is 0 Å². The molecule has 1 fully saturated rings. The van der Waals surface area contributed by atoms with Crippen LogP contribution in [0.3, 0.4) is 0 Å². The van der Waals surface area contributed by atoms with Gasteiger partial charge in [0.05, 0.1) is 11.6 Å². The van der Waals surface area contributed by atoms with E-state index in [1.54, 1.807) is 0 Å². The molecule has 0 bridgehead atoms. The van der Waals surface area contributed by atoms with E-state index in [0.717, 1.165) is 23.9 Å². The van der Waals surface area contributed by atoms with Crippen molar-refractivity contribution in [3.05, 3.63) is 28.3 Å². The molecule has 3 heteroatoms. The third-order valence-electron chi connectivity index (χ3n) is 3.64. The molecule has 1 N–H and O–H groups in total. The zero-order valence-corrected chi connectivity index (χ0v) is 12.0. The molecule has 0 spiro atoms. The summed E-state index contributed by atoms with van der Waals surface area (Å²) < 4.78 is 5.54. The Balaban J connectivity index is 2.24. The van der Waals surface area contributed by atoms with Gasteiger partial charge in [0.25, 0.3) is 0 Å². The van der Waals surface area contributed by atoms with Gasteiger partial charge in [-0.25, -0.2) is 0 Å². The Morgan fingerprint density at radius 1 is 1.33 bits per heavy atom. The summed E-state index contributed by atoms with van der Waals surface area (Å²) in [6, 6.07) is 4.19. The van der Waals surface area contributed by atoms with Crippen molar-refractivity contribution < 1.29 is 4.74 Å². The quantitative estimate of drug-likeness (QED) is 0.897. The number of halogens is 1. The monoisotopic (exact) mass is 267 g/mol. The highest BCUT2D eigenvalue weighted by molar-refractivity contribution is 6.32. The smallest absolute Gasteiger partial charge is 0.138 e. The number of ether oxygens (including phenoxy) is 1. The van der Waals surface area contributed by atoms with Crippen molar-refractivity contribution in [1.82, 2.24) is 5.32 Å². The van der Waals surface area contributed by atoms with E-state index in [2.05, 4.69) is 24.4 Å². The fraction of sp³-hybridized carbons (Fsp3) is 0.600. The SMILES string of the molecule is CCOc1cc(C)c(C2CCCNCC2)cc1Cl. The van der Waals surface area contributed by atoms with Crippen LogP contribution in [0.25, 0.3) is 0 Å². The molecule has 1 aliphatic heterocycles. The van der Waals surface area contributed by atoms with Crippen LogP contribution < -0.4 is 10.1 Å². The van der Waals surface area contributed by atoms with E-state index in [4.69, 9.17) is 16.3 Å². The second kappa shape index (κ2) is 6.44. The van der Waals surface area contributed by atoms with Crippen molar-refractivity contribution in [3.63, 3.8) is 0 Å². The van der Waals surface area contributed by atoms with Crippen molar-refractivity contribution in [1.29, 1.82) is 0 Å². The molecule has 0 saturated carbocycles. The summed E-state index contributed by atoms with van der Waals surface area (Å²) in [4.78, 5) is 0. The normalized spacial score (nSPS) is 20.5. The highest BCUT2D eigenvalue weighted by Crippen LogP contribution is 2.35. The predicted molar refractivity (Wildman–Crippen MR) is 76.8 cm³/mol. The molecule has 100 valence electrons. The van der Waals surface area contributed by atoms with Crippen LogP contribution >= 0.6 is 11.6 Å². The maximum absolute atomic E-state index is 6.30. The average molecular weight is 268 g/mol. The molecule has 0 amide bonds. The summed E-state index contributed by atoms with van der Waals surface area (Å²) in [5, 5.41) is 4.20. The largest absolute Gasteiger partial charge is 0.492 e. The molecule has 1 atom stereocenters. The van der Waals surface area contributed by atoms with E-state index in [-0.39, 0.29) is 0 Å². The fourth-order valence-corrected chi connectivity index (χ4v) is 2.93. The molecule has 18 heavy (non-hydrogen) atoms. The Morgan fingerprint density at radius 3 is 2.94 bits per heavy atom. The molecule has 1 saturated heterocycles. The number of hydrogen-bond acceptors (Lipinski definition) is 2. The molecule has 0 radical (unpaired) electrons. The molecule has 1 aromatic rings. The average Bonchev–Trinajstić information content (AvgIpc) is 2.62. The predicted octanol–water partition coefficient (Wildman–Crippen LogP) is 3.90. The first-order chi connectivity index (χ1) is 8.72. The van der Waals surface area contributed by atoms with Crippen LogP contribution in [0.2, 0.25) is 5.02 Å². The van der Waals surface area contributed by atoms with Crippen molar-refractivity contribution in [3.8, 4) is 5.75 Å². The van der Waals surface area contributed by atoms with E-state index in [9.17, 15) is 0 Å². The summed E-state index contributed by atoms with van der Waals surface area (Å²) in [5.74, 6) is 1.44. The van der Waals surface area contributed by atoms with Crippen molar-refractivity contribution in [2.75, 3.05) is 19.7 Å². The van der Waals surface area contributed by atoms with Gasteiger partial charge in [-0.15, -0.1) is 0 Å². The van der Waals surface area contributed by atoms with Gasteiger partial charge >= 0.3 is 0 Å².